The van der Waals surface area contributed by atoms with E-state index in [1.807, 2.05) is 6.08 Å². The lowest BCUT2D eigenvalue weighted by Crippen LogP contribution is -2.21. The average Bonchev–Trinajstić information content (AvgIpc) is 2.14. The third-order valence-electron chi connectivity index (χ3n) is 2.11. The van der Waals surface area contributed by atoms with Crippen LogP contribution in [0.3, 0.4) is 0 Å². The first kappa shape index (κ1) is 14.2. The molecule has 0 aromatic carbocycles. The molecule has 0 saturated heterocycles. The fraction of sp³-hybridized carbons (Fsp3) is 0.750. The van der Waals surface area contributed by atoms with Gasteiger partial charge in [-0.15, -0.1) is 0 Å². The predicted molar refractivity (Wildman–Crippen MR) is 62.7 cm³/mol. The van der Waals surface area contributed by atoms with Gasteiger partial charge in [-0.1, -0.05) is 26.8 Å². The normalized spacial score (nSPS) is 12.7. The van der Waals surface area contributed by atoms with Gasteiger partial charge >= 0.3 is 5.97 Å². The summed E-state index contributed by atoms with van der Waals surface area (Å²) in [6.45, 7) is 10.1. The van der Waals surface area contributed by atoms with Gasteiger partial charge in [-0.25, -0.2) is 4.79 Å². The SMILES string of the molecule is COC(=O)C(C)=CCNCCC(C)(C)C. The third kappa shape index (κ3) is 8.18. The largest absolute Gasteiger partial charge is 0.466 e. The Morgan fingerprint density at radius 1 is 1.40 bits per heavy atom. The fourth-order valence-electron chi connectivity index (χ4n) is 1.04. The van der Waals surface area contributed by atoms with E-state index in [9.17, 15) is 4.79 Å². The Morgan fingerprint density at radius 2 is 2.00 bits per heavy atom. The lowest BCUT2D eigenvalue weighted by Gasteiger charge is -2.17. The molecule has 0 amide bonds. The Balaban J connectivity index is 3.66. The van der Waals surface area contributed by atoms with Crippen molar-refractivity contribution < 1.29 is 9.53 Å². The molecular formula is C12H23NO2. The Morgan fingerprint density at radius 3 is 2.47 bits per heavy atom. The second kappa shape index (κ2) is 6.62. The summed E-state index contributed by atoms with van der Waals surface area (Å²) in [6.07, 6.45) is 2.98. The molecule has 0 bridgehead atoms. The van der Waals surface area contributed by atoms with Crippen molar-refractivity contribution >= 4 is 5.97 Å². The van der Waals surface area contributed by atoms with Crippen LogP contribution in [-0.4, -0.2) is 26.2 Å². The number of hydrogen-bond acceptors (Lipinski definition) is 3. The summed E-state index contributed by atoms with van der Waals surface area (Å²) in [4.78, 5) is 11.0. The monoisotopic (exact) mass is 213 g/mol. The summed E-state index contributed by atoms with van der Waals surface area (Å²) < 4.78 is 4.59. The molecule has 0 aliphatic carbocycles. The van der Waals surface area contributed by atoms with Crippen LogP contribution < -0.4 is 5.32 Å². The zero-order valence-corrected chi connectivity index (χ0v) is 10.5. The Kier molecular flexibility index (Phi) is 6.25. The van der Waals surface area contributed by atoms with Crippen LogP contribution in [0.2, 0.25) is 0 Å². The Bertz CT molecular complexity index is 226. The van der Waals surface area contributed by atoms with E-state index in [0.29, 0.717) is 11.0 Å². The van der Waals surface area contributed by atoms with E-state index < -0.39 is 0 Å². The lowest BCUT2D eigenvalue weighted by atomic mass is 9.92. The van der Waals surface area contributed by atoms with Crippen molar-refractivity contribution in [3.8, 4) is 0 Å². The summed E-state index contributed by atoms with van der Waals surface area (Å²) >= 11 is 0. The van der Waals surface area contributed by atoms with E-state index in [4.69, 9.17) is 0 Å². The van der Waals surface area contributed by atoms with Gasteiger partial charge in [-0.3, -0.25) is 0 Å². The summed E-state index contributed by atoms with van der Waals surface area (Å²) in [5.74, 6) is -0.257. The number of carbonyl (C=O) groups is 1. The van der Waals surface area contributed by atoms with Crippen molar-refractivity contribution in [2.75, 3.05) is 20.2 Å². The lowest BCUT2D eigenvalue weighted by molar-refractivity contribution is -0.136. The van der Waals surface area contributed by atoms with Crippen LogP contribution in [-0.2, 0) is 9.53 Å². The van der Waals surface area contributed by atoms with Crippen LogP contribution in [0.25, 0.3) is 0 Å². The van der Waals surface area contributed by atoms with Crippen LogP contribution in [0.4, 0.5) is 0 Å². The van der Waals surface area contributed by atoms with E-state index in [1.165, 1.54) is 7.11 Å². The molecule has 88 valence electrons. The van der Waals surface area contributed by atoms with Crippen molar-refractivity contribution in [2.24, 2.45) is 5.41 Å². The van der Waals surface area contributed by atoms with E-state index in [2.05, 4.69) is 30.8 Å². The third-order valence-corrected chi connectivity index (χ3v) is 2.11. The molecule has 0 saturated carbocycles. The number of carbonyl (C=O) groups excluding carboxylic acids is 1. The molecule has 0 aromatic heterocycles. The molecule has 15 heavy (non-hydrogen) atoms. The van der Waals surface area contributed by atoms with Crippen LogP contribution in [0.15, 0.2) is 11.6 Å². The number of hydrogen-bond donors (Lipinski definition) is 1. The van der Waals surface area contributed by atoms with Gasteiger partial charge in [0.05, 0.1) is 7.11 Å². The average molecular weight is 213 g/mol. The second-order valence-corrected chi connectivity index (χ2v) is 4.89. The standard InChI is InChI=1S/C12H23NO2/c1-10(11(14)15-5)6-8-13-9-7-12(2,3)4/h6,13H,7-9H2,1-5H3. The van der Waals surface area contributed by atoms with Gasteiger partial charge in [-0.05, 0) is 25.3 Å². The van der Waals surface area contributed by atoms with Crippen molar-refractivity contribution in [3.05, 3.63) is 11.6 Å². The molecule has 1 N–H and O–H groups in total. The van der Waals surface area contributed by atoms with E-state index in [0.717, 1.165) is 19.5 Å². The molecule has 0 unspecified atom stereocenters. The van der Waals surface area contributed by atoms with Gasteiger partial charge in [0.2, 0.25) is 0 Å². The van der Waals surface area contributed by atoms with Crippen LogP contribution in [0, 0.1) is 5.41 Å². The summed E-state index contributed by atoms with van der Waals surface area (Å²) in [5.41, 5.74) is 1.01. The zero-order valence-electron chi connectivity index (χ0n) is 10.5. The quantitative estimate of drug-likeness (QED) is 0.432. The van der Waals surface area contributed by atoms with Gasteiger partial charge in [-0.2, -0.15) is 0 Å². The molecule has 0 aliphatic heterocycles. The number of esters is 1. The number of ether oxygens (including phenoxy) is 1. The maximum atomic E-state index is 11.0. The molecule has 0 aliphatic rings. The minimum Gasteiger partial charge on any atom is -0.466 e. The molecular weight excluding hydrogens is 190 g/mol. The molecule has 3 heteroatoms. The fourth-order valence-corrected chi connectivity index (χ4v) is 1.04. The molecule has 3 nitrogen and oxygen atoms in total. The molecule has 0 spiro atoms. The van der Waals surface area contributed by atoms with Gasteiger partial charge in [0.25, 0.3) is 0 Å². The van der Waals surface area contributed by atoms with Crippen LogP contribution in [0.5, 0.6) is 0 Å². The Hall–Kier alpha value is -0.830. The molecule has 0 heterocycles. The Labute approximate surface area is 92.9 Å². The van der Waals surface area contributed by atoms with Crippen molar-refractivity contribution in [3.63, 3.8) is 0 Å². The first-order valence-electron chi connectivity index (χ1n) is 5.32. The molecule has 0 aromatic rings. The maximum absolute atomic E-state index is 11.0. The highest BCUT2D eigenvalue weighted by atomic mass is 16.5. The molecule has 0 rings (SSSR count). The highest BCUT2D eigenvalue weighted by Crippen LogP contribution is 2.16. The predicted octanol–water partition coefficient (Wildman–Crippen LogP) is 2.13. The van der Waals surface area contributed by atoms with E-state index in [1.54, 1.807) is 6.92 Å². The van der Waals surface area contributed by atoms with Crippen molar-refractivity contribution in [1.29, 1.82) is 0 Å². The molecule has 0 fully saturated rings. The molecule has 0 radical (unpaired) electrons. The van der Waals surface area contributed by atoms with Crippen LogP contribution in [0.1, 0.15) is 34.1 Å². The van der Waals surface area contributed by atoms with Gasteiger partial charge in [0, 0.05) is 12.1 Å². The van der Waals surface area contributed by atoms with Crippen LogP contribution >= 0.6 is 0 Å². The van der Waals surface area contributed by atoms with Crippen molar-refractivity contribution in [1.82, 2.24) is 5.32 Å². The van der Waals surface area contributed by atoms with Gasteiger partial charge in [0.1, 0.15) is 0 Å². The number of nitrogens with one attached hydrogen (secondary N) is 1. The molecule has 0 atom stereocenters. The topological polar surface area (TPSA) is 38.3 Å². The van der Waals surface area contributed by atoms with E-state index >= 15 is 0 Å². The summed E-state index contributed by atoms with van der Waals surface area (Å²) in [6, 6.07) is 0. The first-order chi connectivity index (χ1) is 6.87. The van der Waals surface area contributed by atoms with Crippen molar-refractivity contribution in [2.45, 2.75) is 34.1 Å². The zero-order chi connectivity index (χ0) is 11.9. The smallest absolute Gasteiger partial charge is 0.333 e. The minimum atomic E-state index is -0.257. The summed E-state index contributed by atoms with van der Waals surface area (Å²) in [7, 11) is 1.40. The number of rotatable bonds is 5. The second-order valence-electron chi connectivity index (χ2n) is 4.89. The van der Waals surface area contributed by atoms with Gasteiger partial charge in [0.15, 0.2) is 0 Å². The highest BCUT2D eigenvalue weighted by molar-refractivity contribution is 5.87. The maximum Gasteiger partial charge on any atom is 0.333 e. The van der Waals surface area contributed by atoms with E-state index in [-0.39, 0.29) is 5.97 Å². The highest BCUT2D eigenvalue weighted by Gasteiger charge is 2.08. The van der Waals surface area contributed by atoms with Gasteiger partial charge < -0.3 is 10.1 Å². The summed E-state index contributed by atoms with van der Waals surface area (Å²) in [5, 5.41) is 3.27. The minimum absolute atomic E-state index is 0.257. The number of methoxy groups -OCH3 is 1. The first-order valence-corrected chi connectivity index (χ1v) is 5.32.